The van der Waals surface area contributed by atoms with Crippen molar-refractivity contribution in [3.8, 4) is 0 Å². The quantitative estimate of drug-likeness (QED) is 0.850. The van der Waals surface area contributed by atoms with Crippen molar-refractivity contribution in [2.24, 2.45) is 5.92 Å². The molecule has 3 rings (SSSR count). The molecular weight excluding hydrogens is 220 g/mol. The van der Waals surface area contributed by atoms with E-state index >= 15 is 0 Å². The zero-order chi connectivity index (χ0) is 12.2. The first kappa shape index (κ1) is 12.2. The first-order chi connectivity index (χ1) is 8.93. The van der Waals surface area contributed by atoms with Gasteiger partial charge in [-0.3, -0.25) is 10.9 Å². The van der Waals surface area contributed by atoms with Gasteiger partial charge in [-0.2, -0.15) is 0 Å². The van der Waals surface area contributed by atoms with Gasteiger partial charge in [0.25, 0.3) is 0 Å². The molecule has 0 aromatic heterocycles. The van der Waals surface area contributed by atoms with Gasteiger partial charge in [0.05, 0.1) is 0 Å². The van der Waals surface area contributed by atoms with Gasteiger partial charge in [-0.05, 0) is 43.6 Å². The number of aryl methyl sites for hydroxylation is 1. The molecule has 0 amide bonds. The van der Waals surface area contributed by atoms with Crippen LogP contribution in [0.25, 0.3) is 0 Å². The van der Waals surface area contributed by atoms with E-state index < -0.39 is 0 Å². The fourth-order valence-corrected chi connectivity index (χ4v) is 3.60. The van der Waals surface area contributed by atoms with E-state index in [4.69, 9.17) is 0 Å². The third kappa shape index (κ3) is 2.76. The highest BCUT2D eigenvalue weighted by atomic mass is 15.4. The minimum absolute atomic E-state index is 0.707. The molecule has 2 nitrogen and oxygen atoms in total. The van der Waals surface area contributed by atoms with Crippen molar-refractivity contribution in [1.82, 2.24) is 10.9 Å². The van der Waals surface area contributed by atoms with Crippen LogP contribution < -0.4 is 10.9 Å². The van der Waals surface area contributed by atoms with E-state index in [-0.39, 0.29) is 0 Å². The van der Waals surface area contributed by atoms with Crippen LogP contribution in [0.15, 0.2) is 30.3 Å². The van der Waals surface area contributed by atoms with Crippen LogP contribution in [0.2, 0.25) is 0 Å². The maximum atomic E-state index is 3.53. The lowest BCUT2D eigenvalue weighted by Gasteiger charge is -2.27. The molecule has 3 atom stereocenters. The standard InChI is InChI=1S/C16H24N2/c1-2-7-13(8-3-1)9-6-12-16-14-10-4-5-11-15(14)17-18-16/h1-3,7-8,14-18H,4-6,9-12H2. The first-order valence-corrected chi connectivity index (χ1v) is 7.48. The van der Waals surface area contributed by atoms with Crippen LogP contribution in [0.3, 0.4) is 0 Å². The van der Waals surface area contributed by atoms with E-state index in [2.05, 4.69) is 41.2 Å². The highest BCUT2D eigenvalue weighted by Gasteiger charge is 2.36. The summed E-state index contributed by atoms with van der Waals surface area (Å²) in [5, 5.41) is 0. The van der Waals surface area contributed by atoms with Gasteiger partial charge in [0.2, 0.25) is 0 Å². The van der Waals surface area contributed by atoms with Gasteiger partial charge < -0.3 is 0 Å². The second kappa shape index (κ2) is 5.85. The average molecular weight is 244 g/mol. The third-order valence-electron chi connectivity index (χ3n) is 4.61. The number of benzene rings is 1. The molecule has 1 aromatic carbocycles. The summed E-state index contributed by atoms with van der Waals surface area (Å²) in [5.41, 5.74) is 8.52. The van der Waals surface area contributed by atoms with Crippen LogP contribution in [-0.2, 0) is 6.42 Å². The Morgan fingerprint density at radius 1 is 1.00 bits per heavy atom. The SMILES string of the molecule is c1ccc(CCCC2NNC3CCCCC32)cc1. The summed E-state index contributed by atoms with van der Waals surface area (Å²) in [7, 11) is 0. The maximum Gasteiger partial charge on any atom is 0.0256 e. The Labute approximate surface area is 110 Å². The Hall–Kier alpha value is -0.860. The summed E-state index contributed by atoms with van der Waals surface area (Å²) in [4.78, 5) is 0. The summed E-state index contributed by atoms with van der Waals surface area (Å²) < 4.78 is 0. The minimum Gasteiger partial charge on any atom is -0.254 e. The number of nitrogens with one attached hydrogen (secondary N) is 2. The third-order valence-corrected chi connectivity index (χ3v) is 4.61. The monoisotopic (exact) mass is 244 g/mol. The zero-order valence-electron chi connectivity index (χ0n) is 11.1. The van der Waals surface area contributed by atoms with Crippen LogP contribution in [0.4, 0.5) is 0 Å². The van der Waals surface area contributed by atoms with E-state index in [1.54, 1.807) is 0 Å². The van der Waals surface area contributed by atoms with E-state index in [0.29, 0.717) is 6.04 Å². The fraction of sp³-hybridized carbons (Fsp3) is 0.625. The predicted octanol–water partition coefficient (Wildman–Crippen LogP) is 3.04. The molecule has 1 aliphatic carbocycles. The lowest BCUT2D eigenvalue weighted by atomic mass is 9.80. The Bertz CT molecular complexity index is 363. The van der Waals surface area contributed by atoms with Crippen molar-refractivity contribution in [1.29, 1.82) is 0 Å². The molecular formula is C16H24N2. The Kier molecular flexibility index (Phi) is 3.96. The smallest absolute Gasteiger partial charge is 0.0256 e. The molecule has 1 heterocycles. The molecule has 18 heavy (non-hydrogen) atoms. The topological polar surface area (TPSA) is 24.1 Å². The molecule has 0 radical (unpaired) electrons. The molecule has 1 saturated carbocycles. The average Bonchev–Trinajstić information content (AvgIpc) is 2.84. The Morgan fingerprint density at radius 3 is 2.72 bits per heavy atom. The van der Waals surface area contributed by atoms with Crippen LogP contribution >= 0.6 is 0 Å². The van der Waals surface area contributed by atoms with Crippen LogP contribution in [-0.4, -0.2) is 12.1 Å². The van der Waals surface area contributed by atoms with Crippen molar-refractivity contribution in [3.05, 3.63) is 35.9 Å². The normalized spacial score (nSPS) is 31.2. The molecule has 2 fully saturated rings. The second-order valence-electron chi connectivity index (χ2n) is 5.83. The van der Waals surface area contributed by atoms with Crippen molar-refractivity contribution in [2.45, 2.75) is 57.0 Å². The lowest BCUT2D eigenvalue weighted by Crippen LogP contribution is -2.33. The van der Waals surface area contributed by atoms with Crippen LogP contribution in [0.1, 0.15) is 44.1 Å². The molecule has 0 spiro atoms. The summed E-state index contributed by atoms with van der Waals surface area (Å²) in [6.45, 7) is 0. The van der Waals surface area contributed by atoms with Gasteiger partial charge in [0.15, 0.2) is 0 Å². The second-order valence-corrected chi connectivity index (χ2v) is 5.83. The molecule has 2 aliphatic rings. The van der Waals surface area contributed by atoms with Crippen molar-refractivity contribution >= 4 is 0 Å². The molecule has 1 saturated heterocycles. The lowest BCUT2D eigenvalue weighted by molar-refractivity contribution is 0.296. The van der Waals surface area contributed by atoms with Gasteiger partial charge in [-0.1, -0.05) is 43.2 Å². The summed E-state index contributed by atoms with van der Waals surface area (Å²) in [6.07, 6.45) is 9.45. The number of hydrazine groups is 1. The van der Waals surface area contributed by atoms with E-state index in [1.165, 1.54) is 50.5 Å². The largest absolute Gasteiger partial charge is 0.254 e. The van der Waals surface area contributed by atoms with Gasteiger partial charge in [-0.25, -0.2) is 0 Å². The van der Waals surface area contributed by atoms with Gasteiger partial charge in [-0.15, -0.1) is 0 Å². The molecule has 2 N–H and O–H groups in total. The van der Waals surface area contributed by atoms with Crippen LogP contribution in [0.5, 0.6) is 0 Å². The van der Waals surface area contributed by atoms with Gasteiger partial charge in [0, 0.05) is 12.1 Å². The highest BCUT2D eigenvalue weighted by molar-refractivity contribution is 5.14. The van der Waals surface area contributed by atoms with Crippen molar-refractivity contribution in [2.75, 3.05) is 0 Å². The fourth-order valence-electron chi connectivity index (χ4n) is 3.60. The number of fused-ring (bicyclic) bond motifs is 1. The highest BCUT2D eigenvalue weighted by Crippen LogP contribution is 2.31. The van der Waals surface area contributed by atoms with Crippen molar-refractivity contribution < 1.29 is 0 Å². The first-order valence-electron chi connectivity index (χ1n) is 7.48. The van der Waals surface area contributed by atoms with E-state index in [0.717, 1.165) is 12.0 Å². The number of hydrogen-bond donors (Lipinski definition) is 2. The summed E-state index contributed by atoms with van der Waals surface area (Å²) >= 11 is 0. The molecule has 98 valence electrons. The Balaban J connectivity index is 1.46. The molecule has 0 bridgehead atoms. The molecule has 2 heteroatoms. The maximum absolute atomic E-state index is 3.53. The minimum atomic E-state index is 0.707. The van der Waals surface area contributed by atoms with E-state index in [9.17, 15) is 0 Å². The molecule has 3 unspecified atom stereocenters. The predicted molar refractivity (Wildman–Crippen MR) is 75.2 cm³/mol. The molecule has 1 aromatic rings. The summed E-state index contributed by atoms with van der Waals surface area (Å²) in [6, 6.07) is 12.3. The Morgan fingerprint density at radius 2 is 1.83 bits per heavy atom. The van der Waals surface area contributed by atoms with Gasteiger partial charge >= 0.3 is 0 Å². The number of rotatable bonds is 4. The van der Waals surface area contributed by atoms with Crippen molar-refractivity contribution in [3.63, 3.8) is 0 Å². The number of hydrogen-bond acceptors (Lipinski definition) is 2. The van der Waals surface area contributed by atoms with E-state index in [1.807, 2.05) is 0 Å². The molecule has 1 aliphatic heterocycles. The van der Waals surface area contributed by atoms with Gasteiger partial charge in [0.1, 0.15) is 0 Å². The summed E-state index contributed by atoms with van der Waals surface area (Å²) in [5.74, 6) is 0.884. The zero-order valence-corrected chi connectivity index (χ0v) is 11.1. The van der Waals surface area contributed by atoms with Crippen LogP contribution in [0, 0.1) is 5.92 Å².